The van der Waals surface area contributed by atoms with Gasteiger partial charge in [-0.25, -0.2) is 0 Å². The molecule has 2 atom stereocenters. The summed E-state index contributed by atoms with van der Waals surface area (Å²) in [6.45, 7) is 4.42. The van der Waals surface area contributed by atoms with Gasteiger partial charge >= 0.3 is 0 Å². The summed E-state index contributed by atoms with van der Waals surface area (Å²) in [6.07, 6.45) is 8.06. The average Bonchev–Trinajstić information content (AvgIpc) is 2.90. The van der Waals surface area contributed by atoms with Crippen LogP contribution in [0, 0.1) is 5.41 Å². The highest BCUT2D eigenvalue weighted by Gasteiger charge is 2.38. The Labute approximate surface area is 105 Å². The molecular formula is C14H27NO2. The van der Waals surface area contributed by atoms with Crippen LogP contribution in [0.4, 0.5) is 0 Å². The Morgan fingerprint density at radius 2 is 2.00 bits per heavy atom. The first-order valence-electron chi connectivity index (χ1n) is 7.18. The van der Waals surface area contributed by atoms with Crippen LogP contribution in [0.15, 0.2) is 0 Å². The van der Waals surface area contributed by atoms with E-state index in [1.54, 1.807) is 0 Å². The van der Waals surface area contributed by atoms with Crippen molar-refractivity contribution in [1.82, 2.24) is 4.90 Å². The molecule has 2 unspecified atom stereocenters. The molecule has 0 aromatic heterocycles. The molecule has 0 radical (unpaired) electrons. The monoisotopic (exact) mass is 241 g/mol. The van der Waals surface area contributed by atoms with Crippen LogP contribution in [0.1, 0.15) is 51.9 Å². The molecule has 1 heterocycles. The van der Waals surface area contributed by atoms with E-state index in [2.05, 4.69) is 4.90 Å². The predicted octanol–water partition coefficient (Wildman–Crippen LogP) is 1.77. The topological polar surface area (TPSA) is 43.7 Å². The second-order valence-electron chi connectivity index (χ2n) is 6.22. The van der Waals surface area contributed by atoms with E-state index in [1.165, 1.54) is 38.5 Å². The Morgan fingerprint density at radius 1 is 1.29 bits per heavy atom. The predicted molar refractivity (Wildman–Crippen MR) is 68.9 cm³/mol. The summed E-state index contributed by atoms with van der Waals surface area (Å²) in [5.41, 5.74) is 0.168. The highest BCUT2D eigenvalue weighted by molar-refractivity contribution is 4.91. The van der Waals surface area contributed by atoms with Gasteiger partial charge < -0.3 is 10.2 Å². The zero-order valence-electron chi connectivity index (χ0n) is 11.1. The van der Waals surface area contributed by atoms with E-state index in [-0.39, 0.29) is 11.5 Å². The molecule has 0 aromatic rings. The number of hydrogen-bond donors (Lipinski definition) is 2. The van der Waals surface area contributed by atoms with Gasteiger partial charge in [-0.15, -0.1) is 0 Å². The van der Waals surface area contributed by atoms with Gasteiger partial charge in [0.25, 0.3) is 0 Å². The van der Waals surface area contributed by atoms with Crippen molar-refractivity contribution in [2.24, 2.45) is 5.41 Å². The second kappa shape index (κ2) is 5.68. The smallest absolute Gasteiger partial charge is 0.0527 e. The Bertz CT molecular complexity index is 236. The molecule has 1 aliphatic heterocycles. The molecule has 2 rings (SSSR count). The third-order valence-electron chi connectivity index (χ3n) is 4.65. The number of hydrogen-bond acceptors (Lipinski definition) is 3. The molecule has 100 valence electrons. The van der Waals surface area contributed by atoms with Crippen LogP contribution in [0.3, 0.4) is 0 Å². The summed E-state index contributed by atoms with van der Waals surface area (Å²) in [6, 6.07) is 0.541. The van der Waals surface area contributed by atoms with Crippen molar-refractivity contribution >= 4 is 0 Å². The van der Waals surface area contributed by atoms with Crippen molar-refractivity contribution in [3.63, 3.8) is 0 Å². The van der Waals surface area contributed by atoms with Gasteiger partial charge in [0.1, 0.15) is 0 Å². The summed E-state index contributed by atoms with van der Waals surface area (Å²) >= 11 is 0. The van der Waals surface area contributed by atoms with Crippen LogP contribution in [0.25, 0.3) is 0 Å². The van der Waals surface area contributed by atoms with Gasteiger partial charge in [0.05, 0.1) is 6.10 Å². The normalized spacial score (nSPS) is 30.9. The van der Waals surface area contributed by atoms with Crippen LogP contribution in [-0.2, 0) is 0 Å². The quantitative estimate of drug-likeness (QED) is 0.771. The van der Waals surface area contributed by atoms with E-state index in [4.69, 9.17) is 0 Å². The van der Waals surface area contributed by atoms with Crippen molar-refractivity contribution in [3.8, 4) is 0 Å². The lowest BCUT2D eigenvalue weighted by Crippen LogP contribution is -2.42. The van der Waals surface area contributed by atoms with Crippen molar-refractivity contribution in [3.05, 3.63) is 0 Å². The van der Waals surface area contributed by atoms with Gasteiger partial charge in [-0.05, 0) is 45.6 Å². The number of aliphatic hydroxyl groups is 2. The van der Waals surface area contributed by atoms with Crippen LogP contribution < -0.4 is 0 Å². The molecule has 17 heavy (non-hydrogen) atoms. The maximum Gasteiger partial charge on any atom is 0.0527 e. The summed E-state index contributed by atoms with van der Waals surface area (Å²) < 4.78 is 0. The number of aliphatic hydroxyl groups excluding tert-OH is 2. The maximum absolute atomic E-state index is 9.67. The second-order valence-corrected chi connectivity index (χ2v) is 6.22. The minimum absolute atomic E-state index is 0.168. The maximum atomic E-state index is 9.67. The lowest BCUT2D eigenvalue weighted by atomic mass is 9.86. The third kappa shape index (κ3) is 3.21. The highest BCUT2D eigenvalue weighted by Crippen LogP contribution is 2.40. The molecule has 2 N–H and O–H groups in total. The molecule has 1 saturated heterocycles. The number of likely N-dealkylation sites (tertiary alicyclic amines) is 1. The first-order chi connectivity index (χ1) is 8.15. The summed E-state index contributed by atoms with van der Waals surface area (Å²) in [4.78, 5) is 2.52. The average molecular weight is 241 g/mol. The fourth-order valence-electron chi connectivity index (χ4n) is 3.69. The van der Waals surface area contributed by atoms with E-state index in [1.807, 2.05) is 6.92 Å². The molecule has 0 bridgehead atoms. The molecular weight excluding hydrogens is 214 g/mol. The van der Waals surface area contributed by atoms with E-state index in [0.717, 1.165) is 19.5 Å². The number of nitrogens with zero attached hydrogens (tertiary/aromatic N) is 1. The van der Waals surface area contributed by atoms with E-state index in [0.29, 0.717) is 12.6 Å². The molecule has 0 amide bonds. The summed E-state index contributed by atoms with van der Waals surface area (Å²) in [5, 5.41) is 19.2. The molecule has 1 saturated carbocycles. The fraction of sp³-hybridized carbons (Fsp3) is 1.00. The largest absolute Gasteiger partial charge is 0.396 e. The highest BCUT2D eigenvalue weighted by atomic mass is 16.3. The lowest BCUT2D eigenvalue weighted by Gasteiger charge is -2.35. The molecule has 3 heteroatoms. The Kier molecular flexibility index (Phi) is 4.45. The molecule has 2 aliphatic rings. The van der Waals surface area contributed by atoms with Gasteiger partial charge in [0.2, 0.25) is 0 Å². The molecule has 1 aliphatic carbocycles. The Morgan fingerprint density at radius 3 is 2.59 bits per heavy atom. The van der Waals surface area contributed by atoms with E-state index >= 15 is 0 Å². The first-order valence-corrected chi connectivity index (χ1v) is 7.18. The van der Waals surface area contributed by atoms with Crippen molar-refractivity contribution < 1.29 is 10.2 Å². The SMILES string of the molecule is CC(O)CC1CCCN1CC1(CO)CCCC1. The standard InChI is InChI=1S/C14H27NO2/c1-12(17)9-13-5-4-8-15(13)10-14(11-16)6-2-3-7-14/h12-13,16-17H,2-11H2,1H3. The van der Waals surface area contributed by atoms with Crippen LogP contribution in [0.2, 0.25) is 0 Å². The molecule has 0 spiro atoms. The third-order valence-corrected chi connectivity index (χ3v) is 4.65. The lowest BCUT2D eigenvalue weighted by molar-refractivity contribution is 0.0591. The van der Waals surface area contributed by atoms with E-state index < -0.39 is 0 Å². The van der Waals surface area contributed by atoms with E-state index in [9.17, 15) is 10.2 Å². The van der Waals surface area contributed by atoms with Gasteiger partial charge in [0.15, 0.2) is 0 Å². The van der Waals surface area contributed by atoms with Gasteiger partial charge in [0, 0.05) is 24.6 Å². The zero-order valence-corrected chi connectivity index (χ0v) is 11.1. The zero-order chi connectivity index (χ0) is 12.3. The minimum atomic E-state index is -0.200. The Hall–Kier alpha value is -0.120. The van der Waals surface area contributed by atoms with Crippen LogP contribution in [0.5, 0.6) is 0 Å². The van der Waals surface area contributed by atoms with Crippen LogP contribution in [-0.4, -0.2) is 47.0 Å². The first kappa shape index (κ1) is 13.3. The Balaban J connectivity index is 1.92. The van der Waals surface area contributed by atoms with Crippen molar-refractivity contribution in [2.45, 2.75) is 64.0 Å². The fourth-order valence-corrected chi connectivity index (χ4v) is 3.69. The van der Waals surface area contributed by atoms with Crippen molar-refractivity contribution in [2.75, 3.05) is 19.7 Å². The van der Waals surface area contributed by atoms with Crippen molar-refractivity contribution in [1.29, 1.82) is 0 Å². The summed E-state index contributed by atoms with van der Waals surface area (Å²) in [7, 11) is 0. The summed E-state index contributed by atoms with van der Waals surface area (Å²) in [5.74, 6) is 0. The van der Waals surface area contributed by atoms with Crippen LogP contribution >= 0.6 is 0 Å². The molecule has 0 aromatic carbocycles. The molecule has 3 nitrogen and oxygen atoms in total. The van der Waals surface area contributed by atoms with Gasteiger partial charge in [-0.3, -0.25) is 4.90 Å². The minimum Gasteiger partial charge on any atom is -0.396 e. The van der Waals surface area contributed by atoms with Gasteiger partial charge in [-0.1, -0.05) is 12.8 Å². The molecule has 2 fully saturated rings. The van der Waals surface area contributed by atoms with Gasteiger partial charge in [-0.2, -0.15) is 0 Å². The number of rotatable bonds is 5.